The zero-order chi connectivity index (χ0) is 27.4. The number of anilines is 3. The summed E-state index contributed by atoms with van der Waals surface area (Å²) in [4.78, 5) is 2.34. The Labute approximate surface area is 238 Å². The van der Waals surface area contributed by atoms with E-state index in [0.717, 1.165) is 17.1 Å². The monoisotopic (exact) mass is 515 g/mol. The molecule has 0 aromatic heterocycles. The molecule has 1 nitrogen and oxygen atoms in total. The largest absolute Gasteiger partial charge is 0.311 e. The molecule has 6 aromatic rings. The van der Waals surface area contributed by atoms with Crippen molar-refractivity contribution in [3.8, 4) is 22.3 Å². The van der Waals surface area contributed by atoms with Gasteiger partial charge in [-0.25, -0.2) is 0 Å². The van der Waals surface area contributed by atoms with Crippen molar-refractivity contribution in [2.24, 2.45) is 0 Å². The highest BCUT2D eigenvalue weighted by atomic mass is 15.1. The van der Waals surface area contributed by atoms with Gasteiger partial charge in [-0.15, -0.1) is 0 Å². The fourth-order valence-electron chi connectivity index (χ4n) is 5.36. The summed E-state index contributed by atoms with van der Waals surface area (Å²) in [5.41, 5.74) is 10.8. The van der Waals surface area contributed by atoms with Gasteiger partial charge in [0.15, 0.2) is 0 Å². The van der Waals surface area contributed by atoms with Crippen LogP contribution in [0.3, 0.4) is 0 Å². The minimum absolute atomic E-state index is 0.0840. The number of hydrogen-bond donors (Lipinski definition) is 0. The van der Waals surface area contributed by atoms with Crippen LogP contribution in [0.1, 0.15) is 25.0 Å². The first-order chi connectivity index (χ1) is 19.6. The van der Waals surface area contributed by atoms with Gasteiger partial charge in [-0.3, -0.25) is 0 Å². The molecule has 1 heteroatoms. The summed E-state index contributed by atoms with van der Waals surface area (Å²) < 4.78 is 0. The van der Waals surface area contributed by atoms with Crippen molar-refractivity contribution in [3.05, 3.63) is 175 Å². The van der Waals surface area contributed by atoms with Gasteiger partial charge in [0.1, 0.15) is 0 Å². The molecule has 0 saturated carbocycles. The Morgan fingerprint density at radius 1 is 0.325 bits per heavy atom. The van der Waals surface area contributed by atoms with Gasteiger partial charge < -0.3 is 4.90 Å². The Morgan fingerprint density at radius 3 is 1.02 bits per heavy atom. The van der Waals surface area contributed by atoms with Crippen LogP contribution in [0.15, 0.2) is 164 Å². The zero-order valence-corrected chi connectivity index (χ0v) is 23.0. The number of hydrogen-bond acceptors (Lipinski definition) is 1. The number of nitrogens with zero attached hydrogens (tertiary/aromatic N) is 1. The maximum atomic E-state index is 2.34. The average Bonchev–Trinajstić information content (AvgIpc) is 3.03. The van der Waals surface area contributed by atoms with Crippen molar-refractivity contribution in [1.82, 2.24) is 0 Å². The van der Waals surface area contributed by atoms with E-state index in [1.54, 1.807) is 0 Å². The highest BCUT2D eigenvalue weighted by Crippen LogP contribution is 2.38. The topological polar surface area (TPSA) is 3.24 Å². The van der Waals surface area contributed by atoms with Crippen LogP contribution in [0.2, 0.25) is 0 Å². The van der Waals surface area contributed by atoms with Crippen molar-refractivity contribution in [3.63, 3.8) is 0 Å². The summed E-state index contributed by atoms with van der Waals surface area (Å²) >= 11 is 0. The Bertz CT molecular complexity index is 1570. The Morgan fingerprint density at radius 2 is 0.625 bits per heavy atom. The van der Waals surface area contributed by atoms with Gasteiger partial charge in [0, 0.05) is 22.5 Å². The van der Waals surface area contributed by atoms with Gasteiger partial charge in [0.05, 0.1) is 0 Å². The molecule has 0 aliphatic heterocycles. The summed E-state index contributed by atoms with van der Waals surface area (Å²) in [6.45, 7) is 4.58. The molecule has 0 N–H and O–H groups in total. The second kappa shape index (κ2) is 11.1. The summed E-state index contributed by atoms with van der Waals surface area (Å²) in [5, 5.41) is 0. The maximum absolute atomic E-state index is 2.34. The lowest BCUT2D eigenvalue weighted by Gasteiger charge is -2.29. The second-order valence-electron chi connectivity index (χ2n) is 10.7. The molecule has 0 spiro atoms. The summed E-state index contributed by atoms with van der Waals surface area (Å²) in [6, 6.07) is 58.6. The molecule has 0 amide bonds. The van der Waals surface area contributed by atoms with Crippen LogP contribution >= 0.6 is 0 Å². The van der Waals surface area contributed by atoms with E-state index >= 15 is 0 Å². The van der Waals surface area contributed by atoms with Gasteiger partial charge in [-0.1, -0.05) is 141 Å². The molecule has 40 heavy (non-hydrogen) atoms. The molecular weight excluding hydrogens is 482 g/mol. The zero-order valence-electron chi connectivity index (χ0n) is 23.0. The fraction of sp³-hybridized carbons (Fsp3) is 0.0769. The van der Waals surface area contributed by atoms with Crippen molar-refractivity contribution in [2.45, 2.75) is 19.3 Å². The van der Waals surface area contributed by atoms with Gasteiger partial charge in [-0.05, 0) is 69.8 Å². The van der Waals surface area contributed by atoms with E-state index in [2.05, 4.69) is 183 Å². The van der Waals surface area contributed by atoms with Crippen molar-refractivity contribution in [1.29, 1.82) is 0 Å². The van der Waals surface area contributed by atoms with Crippen molar-refractivity contribution in [2.75, 3.05) is 4.90 Å². The molecule has 194 valence electrons. The predicted molar refractivity (Wildman–Crippen MR) is 171 cm³/mol. The molecule has 0 saturated heterocycles. The molecule has 0 atom stereocenters. The van der Waals surface area contributed by atoms with Crippen LogP contribution in [-0.4, -0.2) is 0 Å². The highest BCUT2D eigenvalue weighted by Gasteiger charge is 2.23. The minimum Gasteiger partial charge on any atom is -0.311 e. The van der Waals surface area contributed by atoms with Gasteiger partial charge in [0.2, 0.25) is 0 Å². The molecule has 0 aliphatic rings. The molecule has 6 rings (SSSR count). The molecule has 0 unspecified atom stereocenters. The SMILES string of the molecule is CC(C)(c1ccccc1)c1ccc(N(c2ccc(-c3ccccc3)cc2)c2ccc(-c3ccccc3)cc2)cc1. The molecular formula is C39H33N. The van der Waals surface area contributed by atoms with E-state index in [0.29, 0.717) is 0 Å². The Balaban J connectivity index is 1.38. The lowest BCUT2D eigenvalue weighted by Crippen LogP contribution is -2.19. The van der Waals surface area contributed by atoms with Gasteiger partial charge in [-0.2, -0.15) is 0 Å². The molecule has 0 bridgehead atoms. The van der Waals surface area contributed by atoms with Crippen LogP contribution in [0, 0.1) is 0 Å². The smallest absolute Gasteiger partial charge is 0.0462 e. The normalized spacial score (nSPS) is 11.2. The Hall–Kier alpha value is -4.88. The quantitative estimate of drug-likeness (QED) is 0.204. The van der Waals surface area contributed by atoms with E-state index in [-0.39, 0.29) is 5.41 Å². The third-order valence-corrected chi connectivity index (χ3v) is 7.81. The summed E-state index contributed by atoms with van der Waals surface area (Å²) in [7, 11) is 0. The number of rotatable bonds is 7. The van der Waals surface area contributed by atoms with Crippen LogP contribution in [0.5, 0.6) is 0 Å². The highest BCUT2D eigenvalue weighted by molar-refractivity contribution is 5.80. The van der Waals surface area contributed by atoms with Crippen LogP contribution in [0.25, 0.3) is 22.3 Å². The van der Waals surface area contributed by atoms with E-state index in [4.69, 9.17) is 0 Å². The van der Waals surface area contributed by atoms with E-state index in [1.807, 2.05) is 0 Å². The minimum atomic E-state index is -0.0840. The first-order valence-corrected chi connectivity index (χ1v) is 13.9. The summed E-state index contributed by atoms with van der Waals surface area (Å²) in [6.07, 6.45) is 0. The second-order valence-corrected chi connectivity index (χ2v) is 10.7. The van der Waals surface area contributed by atoms with Crippen molar-refractivity contribution >= 4 is 17.1 Å². The molecule has 6 aromatic carbocycles. The fourth-order valence-corrected chi connectivity index (χ4v) is 5.36. The van der Waals surface area contributed by atoms with Gasteiger partial charge in [0.25, 0.3) is 0 Å². The lowest BCUT2D eigenvalue weighted by atomic mass is 9.78. The first kappa shape index (κ1) is 25.4. The van der Waals surface area contributed by atoms with E-state index in [1.165, 1.54) is 33.4 Å². The van der Waals surface area contributed by atoms with Crippen molar-refractivity contribution < 1.29 is 0 Å². The molecule has 0 fully saturated rings. The average molecular weight is 516 g/mol. The van der Waals surface area contributed by atoms with Crippen LogP contribution in [0.4, 0.5) is 17.1 Å². The van der Waals surface area contributed by atoms with Crippen LogP contribution < -0.4 is 4.90 Å². The van der Waals surface area contributed by atoms with E-state index < -0.39 is 0 Å². The Kier molecular flexibility index (Phi) is 7.04. The predicted octanol–water partition coefficient (Wildman–Crippen LogP) is 10.8. The third-order valence-electron chi connectivity index (χ3n) is 7.81. The molecule has 0 radical (unpaired) electrons. The lowest BCUT2D eigenvalue weighted by molar-refractivity contribution is 0.641. The van der Waals surface area contributed by atoms with E-state index in [9.17, 15) is 0 Å². The number of benzene rings is 6. The third kappa shape index (κ3) is 5.19. The standard InChI is InChI=1S/C39H33N/c1-39(2,34-16-10-5-11-17-34)35-22-28-38(29-23-35)40(36-24-18-32(19-25-36)30-12-6-3-7-13-30)37-26-20-33(21-27-37)31-14-8-4-9-15-31/h3-29H,1-2H3. The van der Waals surface area contributed by atoms with Gasteiger partial charge >= 0.3 is 0 Å². The van der Waals surface area contributed by atoms with Crippen LogP contribution in [-0.2, 0) is 5.41 Å². The molecule has 0 heterocycles. The maximum Gasteiger partial charge on any atom is 0.0462 e. The summed E-state index contributed by atoms with van der Waals surface area (Å²) in [5.74, 6) is 0. The molecule has 0 aliphatic carbocycles. The first-order valence-electron chi connectivity index (χ1n) is 13.9.